The Hall–Kier alpha value is -3.78. The molecule has 1 saturated heterocycles. The Morgan fingerprint density at radius 3 is 2.64 bits per heavy atom. The first kappa shape index (κ1) is 23.9. The quantitative estimate of drug-likeness (QED) is 0.308. The number of urea groups is 1. The van der Waals surface area contributed by atoms with E-state index in [0.717, 1.165) is 11.1 Å². The molecule has 3 amide bonds. The standard InChI is InChI=1S/C24H23ClN2O6/c1-3-7-16-10-15(11-19-23(30)27(13-21(28)29)24(31)26-19)12-20(32-4-2)22(16)33-14-17-8-5-6-9-18(17)25/h3,5-6,8-12H,1,4,7,13-14H2,2H3,(H,26,31)(H,28,29)/b19-11+. The van der Waals surface area contributed by atoms with Crippen LogP contribution in [0.5, 0.6) is 11.5 Å². The Labute approximate surface area is 196 Å². The number of ether oxygens (including phenoxy) is 2. The van der Waals surface area contributed by atoms with Crippen molar-refractivity contribution in [1.82, 2.24) is 10.2 Å². The van der Waals surface area contributed by atoms with Crippen LogP contribution in [0.3, 0.4) is 0 Å². The number of imide groups is 1. The van der Waals surface area contributed by atoms with Crippen molar-refractivity contribution in [2.75, 3.05) is 13.2 Å². The Morgan fingerprint density at radius 1 is 1.21 bits per heavy atom. The molecule has 0 atom stereocenters. The van der Waals surface area contributed by atoms with E-state index in [1.54, 1.807) is 24.3 Å². The summed E-state index contributed by atoms with van der Waals surface area (Å²) in [7, 11) is 0. The third kappa shape index (κ3) is 5.72. The minimum Gasteiger partial charge on any atom is -0.490 e. The van der Waals surface area contributed by atoms with E-state index < -0.39 is 24.5 Å². The summed E-state index contributed by atoms with van der Waals surface area (Å²) >= 11 is 6.24. The minimum absolute atomic E-state index is 0.0296. The van der Waals surface area contributed by atoms with Gasteiger partial charge in [0.05, 0.1) is 6.61 Å². The zero-order valence-electron chi connectivity index (χ0n) is 18.0. The van der Waals surface area contributed by atoms with Crippen molar-refractivity contribution in [3.63, 3.8) is 0 Å². The lowest BCUT2D eigenvalue weighted by Crippen LogP contribution is -2.35. The highest BCUT2D eigenvalue weighted by atomic mass is 35.5. The van der Waals surface area contributed by atoms with Gasteiger partial charge in [-0.1, -0.05) is 35.9 Å². The number of benzene rings is 2. The average Bonchev–Trinajstić information content (AvgIpc) is 3.01. The molecule has 0 aliphatic carbocycles. The normalized spacial score (nSPS) is 14.4. The number of hydrogen-bond donors (Lipinski definition) is 2. The monoisotopic (exact) mass is 470 g/mol. The Bertz CT molecular complexity index is 1130. The lowest BCUT2D eigenvalue weighted by atomic mass is 10.0. The molecule has 0 saturated carbocycles. The molecule has 0 bridgehead atoms. The number of carbonyl (C=O) groups is 3. The molecule has 1 aliphatic rings. The van der Waals surface area contributed by atoms with Crippen LogP contribution in [0, 0.1) is 0 Å². The highest BCUT2D eigenvalue weighted by molar-refractivity contribution is 6.31. The van der Waals surface area contributed by atoms with Gasteiger partial charge in [-0.25, -0.2) is 9.69 Å². The second kappa shape index (κ2) is 10.7. The maximum atomic E-state index is 12.5. The van der Waals surface area contributed by atoms with Gasteiger partial charge in [0, 0.05) is 16.1 Å². The highest BCUT2D eigenvalue weighted by Crippen LogP contribution is 2.36. The number of allylic oxidation sites excluding steroid dienone is 1. The van der Waals surface area contributed by atoms with Crippen LogP contribution in [0.4, 0.5) is 4.79 Å². The van der Waals surface area contributed by atoms with E-state index in [9.17, 15) is 14.4 Å². The van der Waals surface area contributed by atoms with E-state index in [1.165, 1.54) is 6.08 Å². The summed E-state index contributed by atoms with van der Waals surface area (Å²) < 4.78 is 11.9. The Kier molecular flexibility index (Phi) is 7.74. The van der Waals surface area contributed by atoms with Gasteiger partial charge in [0.2, 0.25) is 0 Å². The maximum absolute atomic E-state index is 12.5. The van der Waals surface area contributed by atoms with Crippen LogP contribution in [0.1, 0.15) is 23.6 Å². The molecular formula is C24H23ClN2O6. The zero-order chi connectivity index (χ0) is 24.0. The molecule has 3 rings (SSSR count). The van der Waals surface area contributed by atoms with E-state index in [0.29, 0.717) is 40.0 Å². The van der Waals surface area contributed by atoms with Gasteiger partial charge in [-0.3, -0.25) is 9.59 Å². The molecule has 2 N–H and O–H groups in total. The summed E-state index contributed by atoms with van der Waals surface area (Å²) in [6.45, 7) is 5.50. The second-order valence-corrected chi connectivity index (χ2v) is 7.49. The second-order valence-electron chi connectivity index (χ2n) is 7.09. The van der Waals surface area contributed by atoms with Crippen LogP contribution in [0.15, 0.2) is 54.8 Å². The number of nitrogens with zero attached hydrogens (tertiary/aromatic N) is 1. The van der Waals surface area contributed by atoms with Crippen molar-refractivity contribution >= 4 is 35.6 Å². The summed E-state index contributed by atoms with van der Waals surface area (Å²) in [6, 6.07) is 10.0. The van der Waals surface area contributed by atoms with Crippen molar-refractivity contribution in [2.24, 2.45) is 0 Å². The molecule has 1 fully saturated rings. The summed E-state index contributed by atoms with van der Waals surface area (Å²) in [5.41, 5.74) is 2.11. The lowest BCUT2D eigenvalue weighted by Gasteiger charge is -2.17. The molecule has 172 valence electrons. The van der Waals surface area contributed by atoms with Gasteiger partial charge in [0.15, 0.2) is 11.5 Å². The summed E-state index contributed by atoms with van der Waals surface area (Å²) in [4.78, 5) is 36.0. The van der Waals surface area contributed by atoms with Crippen molar-refractivity contribution < 1.29 is 29.0 Å². The largest absolute Gasteiger partial charge is 0.490 e. The number of aliphatic carboxylic acids is 1. The fourth-order valence-electron chi connectivity index (χ4n) is 3.28. The molecule has 2 aromatic carbocycles. The zero-order valence-corrected chi connectivity index (χ0v) is 18.7. The first-order valence-corrected chi connectivity index (χ1v) is 10.5. The molecule has 0 spiro atoms. The van der Waals surface area contributed by atoms with Gasteiger partial charge in [0.25, 0.3) is 5.91 Å². The van der Waals surface area contributed by atoms with Gasteiger partial charge in [-0.2, -0.15) is 0 Å². The average molecular weight is 471 g/mol. The lowest BCUT2D eigenvalue weighted by molar-refractivity contribution is -0.140. The van der Waals surface area contributed by atoms with E-state index >= 15 is 0 Å². The molecule has 33 heavy (non-hydrogen) atoms. The summed E-state index contributed by atoms with van der Waals surface area (Å²) in [6.07, 6.45) is 3.64. The predicted octanol–water partition coefficient (Wildman–Crippen LogP) is 4.02. The predicted molar refractivity (Wildman–Crippen MR) is 123 cm³/mol. The van der Waals surface area contributed by atoms with E-state index in [-0.39, 0.29) is 12.3 Å². The Balaban J connectivity index is 1.95. The molecule has 1 aliphatic heterocycles. The number of amides is 3. The number of rotatable bonds is 10. The van der Waals surface area contributed by atoms with Crippen molar-refractivity contribution in [3.05, 3.63) is 76.5 Å². The number of halogens is 1. The summed E-state index contributed by atoms with van der Waals surface area (Å²) in [5, 5.41) is 11.9. The van der Waals surface area contributed by atoms with Gasteiger partial charge < -0.3 is 19.9 Å². The van der Waals surface area contributed by atoms with E-state index in [2.05, 4.69) is 11.9 Å². The maximum Gasteiger partial charge on any atom is 0.329 e. The number of nitrogens with one attached hydrogen (secondary N) is 1. The van der Waals surface area contributed by atoms with Crippen LogP contribution in [0.25, 0.3) is 6.08 Å². The van der Waals surface area contributed by atoms with Crippen molar-refractivity contribution in [1.29, 1.82) is 0 Å². The molecule has 1 heterocycles. The minimum atomic E-state index is -1.29. The first-order chi connectivity index (χ1) is 15.8. The number of carboxylic acids is 1. The molecule has 9 heteroatoms. The first-order valence-electron chi connectivity index (χ1n) is 10.2. The molecule has 0 unspecified atom stereocenters. The topological polar surface area (TPSA) is 105 Å². The number of hydrogen-bond acceptors (Lipinski definition) is 5. The third-order valence-electron chi connectivity index (χ3n) is 4.71. The van der Waals surface area contributed by atoms with E-state index in [1.807, 2.05) is 25.1 Å². The van der Waals surface area contributed by atoms with Crippen LogP contribution in [0.2, 0.25) is 5.02 Å². The third-order valence-corrected chi connectivity index (χ3v) is 5.08. The number of carbonyl (C=O) groups excluding carboxylic acids is 2. The molecule has 0 radical (unpaired) electrons. The van der Waals surface area contributed by atoms with Crippen molar-refractivity contribution in [2.45, 2.75) is 20.0 Å². The van der Waals surface area contributed by atoms with E-state index in [4.69, 9.17) is 26.2 Å². The van der Waals surface area contributed by atoms with Gasteiger partial charge in [-0.15, -0.1) is 6.58 Å². The fraction of sp³-hybridized carbons (Fsp3) is 0.208. The molecule has 0 aromatic heterocycles. The van der Waals surface area contributed by atoms with Crippen LogP contribution in [-0.4, -0.2) is 41.1 Å². The van der Waals surface area contributed by atoms with Crippen LogP contribution < -0.4 is 14.8 Å². The fourth-order valence-corrected chi connectivity index (χ4v) is 3.47. The smallest absolute Gasteiger partial charge is 0.329 e. The SMILES string of the molecule is C=CCc1cc(/C=C2/NC(=O)N(CC(=O)O)C2=O)cc(OCC)c1OCc1ccccc1Cl. The number of carboxylic acid groups (broad SMARTS) is 1. The highest BCUT2D eigenvalue weighted by Gasteiger charge is 2.35. The Morgan fingerprint density at radius 2 is 1.97 bits per heavy atom. The molecular weight excluding hydrogens is 448 g/mol. The van der Waals surface area contributed by atoms with Crippen LogP contribution in [-0.2, 0) is 22.6 Å². The van der Waals surface area contributed by atoms with Gasteiger partial charge in [0.1, 0.15) is 18.8 Å². The molecule has 2 aromatic rings. The van der Waals surface area contributed by atoms with Crippen LogP contribution >= 0.6 is 11.6 Å². The molecule has 8 nitrogen and oxygen atoms in total. The van der Waals surface area contributed by atoms with Crippen molar-refractivity contribution in [3.8, 4) is 11.5 Å². The van der Waals surface area contributed by atoms with Gasteiger partial charge in [-0.05, 0) is 43.2 Å². The summed E-state index contributed by atoms with van der Waals surface area (Å²) in [5.74, 6) is -1.03. The van der Waals surface area contributed by atoms with Gasteiger partial charge >= 0.3 is 12.0 Å².